The number of nitrogens with one attached hydrogen (secondary N) is 1. The van der Waals surface area contributed by atoms with Gasteiger partial charge >= 0.3 is 6.09 Å². The van der Waals surface area contributed by atoms with Gasteiger partial charge in [0, 0.05) is 49.3 Å². The number of pyridine rings is 1. The zero-order valence-corrected chi connectivity index (χ0v) is 21.0. The predicted octanol–water partition coefficient (Wildman–Crippen LogP) is 3.92. The van der Waals surface area contributed by atoms with Gasteiger partial charge in [-0.2, -0.15) is 5.10 Å². The average molecular weight is 503 g/mol. The number of ether oxygens (including phenoxy) is 2. The van der Waals surface area contributed by atoms with Crippen LogP contribution in [0.3, 0.4) is 0 Å². The van der Waals surface area contributed by atoms with Gasteiger partial charge in [0.1, 0.15) is 6.73 Å². The number of rotatable bonds is 7. The molecule has 3 heterocycles. The highest BCUT2D eigenvalue weighted by molar-refractivity contribution is 5.82. The molecule has 5 rings (SSSR count). The summed E-state index contributed by atoms with van der Waals surface area (Å²) in [5, 5.41) is 6.44. The molecular formula is C28H30N4O5. The van der Waals surface area contributed by atoms with Crippen molar-refractivity contribution in [3.05, 3.63) is 75.7 Å². The number of amides is 1. The molecule has 9 nitrogen and oxygen atoms in total. The van der Waals surface area contributed by atoms with Crippen molar-refractivity contribution in [3.63, 3.8) is 0 Å². The third-order valence-electron chi connectivity index (χ3n) is 6.98. The van der Waals surface area contributed by atoms with Gasteiger partial charge in [-0.1, -0.05) is 24.3 Å². The highest BCUT2D eigenvalue weighted by Crippen LogP contribution is 2.28. The minimum Gasteiger partial charge on any atom is -0.438 e. The zero-order valence-electron chi connectivity index (χ0n) is 21.0. The Kier molecular flexibility index (Phi) is 7.05. The lowest BCUT2D eigenvalue weighted by Gasteiger charge is -2.32. The molecule has 4 aromatic rings. The number of hydrogen-bond acceptors (Lipinski definition) is 6. The molecule has 1 aliphatic heterocycles. The van der Waals surface area contributed by atoms with E-state index in [-0.39, 0.29) is 17.9 Å². The third-order valence-corrected chi connectivity index (χ3v) is 6.98. The molecule has 0 aliphatic carbocycles. The third kappa shape index (κ3) is 5.27. The summed E-state index contributed by atoms with van der Waals surface area (Å²) in [5.74, 6) is 0.0630. The van der Waals surface area contributed by atoms with E-state index in [1.165, 1.54) is 0 Å². The first kappa shape index (κ1) is 24.7. The molecule has 0 radical (unpaired) electrons. The second kappa shape index (κ2) is 10.6. The number of aromatic amines is 1. The van der Waals surface area contributed by atoms with E-state index in [0.717, 1.165) is 38.5 Å². The number of piperidine rings is 1. The fourth-order valence-corrected chi connectivity index (χ4v) is 5.15. The molecule has 0 spiro atoms. The van der Waals surface area contributed by atoms with E-state index in [1.54, 1.807) is 16.7 Å². The maximum absolute atomic E-state index is 12.8. The van der Waals surface area contributed by atoms with Gasteiger partial charge in [-0.15, -0.1) is 0 Å². The van der Waals surface area contributed by atoms with Crippen molar-refractivity contribution in [1.82, 2.24) is 19.7 Å². The van der Waals surface area contributed by atoms with Crippen molar-refractivity contribution >= 4 is 34.2 Å². The SMILES string of the molecule is COCn1cc2cc(CC(C=O)OC(=O)N3CCC(c4cc5ccccc5[nH]c4=O)CC3)cc(C)c2n1. The first-order valence-corrected chi connectivity index (χ1v) is 12.4. The normalized spacial score (nSPS) is 15.2. The van der Waals surface area contributed by atoms with Gasteiger partial charge in [-0.3, -0.25) is 9.59 Å². The molecule has 1 N–H and O–H groups in total. The van der Waals surface area contributed by atoms with Crippen LogP contribution < -0.4 is 5.56 Å². The summed E-state index contributed by atoms with van der Waals surface area (Å²) in [6, 6.07) is 13.6. The number of H-pyrrole nitrogens is 1. The van der Waals surface area contributed by atoms with Crippen molar-refractivity contribution < 1.29 is 19.1 Å². The molecule has 37 heavy (non-hydrogen) atoms. The van der Waals surface area contributed by atoms with Crippen LogP contribution in [0.15, 0.2) is 53.5 Å². The minimum absolute atomic E-state index is 0.0630. The molecule has 1 saturated heterocycles. The summed E-state index contributed by atoms with van der Waals surface area (Å²) in [6.45, 7) is 3.24. The summed E-state index contributed by atoms with van der Waals surface area (Å²) in [7, 11) is 1.61. The van der Waals surface area contributed by atoms with Crippen LogP contribution in [0, 0.1) is 6.92 Å². The van der Waals surface area contributed by atoms with Gasteiger partial charge in [0.25, 0.3) is 5.56 Å². The Balaban J connectivity index is 1.21. The van der Waals surface area contributed by atoms with E-state index in [4.69, 9.17) is 9.47 Å². The van der Waals surface area contributed by atoms with Gasteiger partial charge < -0.3 is 19.4 Å². The number of likely N-dealkylation sites (tertiary alicyclic amines) is 1. The highest BCUT2D eigenvalue weighted by Gasteiger charge is 2.28. The molecule has 1 fully saturated rings. The molecular weight excluding hydrogens is 472 g/mol. The number of aryl methyl sites for hydroxylation is 1. The molecule has 192 valence electrons. The van der Waals surface area contributed by atoms with Crippen LogP contribution in [0.1, 0.15) is 35.4 Å². The molecule has 1 unspecified atom stereocenters. The van der Waals surface area contributed by atoms with Crippen LogP contribution in [0.2, 0.25) is 0 Å². The second-order valence-corrected chi connectivity index (χ2v) is 9.60. The molecule has 2 aromatic heterocycles. The van der Waals surface area contributed by atoms with Gasteiger partial charge in [0.05, 0.1) is 5.52 Å². The smallest absolute Gasteiger partial charge is 0.410 e. The van der Waals surface area contributed by atoms with Crippen molar-refractivity contribution in [3.8, 4) is 0 Å². The summed E-state index contributed by atoms with van der Waals surface area (Å²) in [4.78, 5) is 41.8. The van der Waals surface area contributed by atoms with Gasteiger partial charge in [0.2, 0.25) is 0 Å². The molecule has 1 amide bonds. The van der Waals surface area contributed by atoms with Crippen LogP contribution in [-0.2, 0) is 27.4 Å². The van der Waals surface area contributed by atoms with Crippen molar-refractivity contribution in [2.24, 2.45) is 0 Å². The van der Waals surface area contributed by atoms with E-state index in [1.807, 2.05) is 55.6 Å². The van der Waals surface area contributed by atoms with Crippen LogP contribution in [0.4, 0.5) is 4.79 Å². The fraction of sp³-hybridized carbons (Fsp3) is 0.357. The number of carbonyl (C=O) groups is 2. The lowest BCUT2D eigenvalue weighted by atomic mass is 9.89. The van der Waals surface area contributed by atoms with E-state index in [9.17, 15) is 14.4 Å². The molecule has 0 bridgehead atoms. The van der Waals surface area contributed by atoms with E-state index >= 15 is 0 Å². The maximum atomic E-state index is 12.8. The monoisotopic (exact) mass is 502 g/mol. The van der Waals surface area contributed by atoms with E-state index in [2.05, 4.69) is 10.1 Å². The Morgan fingerprint density at radius 2 is 1.97 bits per heavy atom. The molecule has 1 atom stereocenters. The lowest BCUT2D eigenvalue weighted by molar-refractivity contribution is -0.115. The van der Waals surface area contributed by atoms with Crippen LogP contribution in [0.25, 0.3) is 21.8 Å². The Morgan fingerprint density at radius 1 is 1.19 bits per heavy atom. The van der Waals surface area contributed by atoms with Crippen LogP contribution in [-0.4, -0.2) is 58.3 Å². The molecule has 0 saturated carbocycles. The molecule has 9 heteroatoms. The topological polar surface area (TPSA) is 107 Å². The number of carbonyl (C=O) groups excluding carboxylic acids is 2. The summed E-state index contributed by atoms with van der Waals surface area (Å²) < 4.78 is 12.4. The number of aldehydes is 1. The van der Waals surface area contributed by atoms with E-state index in [0.29, 0.717) is 38.9 Å². The summed E-state index contributed by atoms with van der Waals surface area (Å²) >= 11 is 0. The Morgan fingerprint density at radius 3 is 2.73 bits per heavy atom. The van der Waals surface area contributed by atoms with Gasteiger partial charge in [0.15, 0.2) is 12.4 Å². The first-order chi connectivity index (χ1) is 17.9. The average Bonchev–Trinajstić information content (AvgIpc) is 3.31. The first-order valence-electron chi connectivity index (χ1n) is 12.4. The minimum atomic E-state index is -0.889. The number of fused-ring (bicyclic) bond motifs is 2. The largest absolute Gasteiger partial charge is 0.438 e. The van der Waals surface area contributed by atoms with Crippen LogP contribution in [0.5, 0.6) is 0 Å². The standard InChI is InChI=1S/C28H30N4O5/c1-18-11-19(12-22-15-32(17-36-2)30-26(18)22)13-23(16-33)37-28(35)31-9-7-20(8-10-31)24-14-21-5-3-4-6-25(21)29-27(24)34/h3-6,11-12,14-16,20,23H,7-10,13,17H2,1-2H3,(H,29,34). The fourth-order valence-electron chi connectivity index (χ4n) is 5.15. The second-order valence-electron chi connectivity index (χ2n) is 9.60. The maximum Gasteiger partial charge on any atom is 0.410 e. The number of nitrogens with zero attached hydrogens (tertiary/aromatic N) is 3. The summed E-state index contributed by atoms with van der Waals surface area (Å²) in [6.07, 6.45) is 2.76. The van der Waals surface area contributed by atoms with Crippen molar-refractivity contribution in [2.75, 3.05) is 20.2 Å². The van der Waals surface area contributed by atoms with E-state index < -0.39 is 12.2 Å². The predicted molar refractivity (Wildman–Crippen MR) is 140 cm³/mol. The quantitative estimate of drug-likeness (QED) is 0.384. The number of aromatic nitrogens is 3. The van der Waals surface area contributed by atoms with Crippen molar-refractivity contribution in [1.29, 1.82) is 0 Å². The molecule has 2 aromatic carbocycles. The lowest BCUT2D eigenvalue weighted by Crippen LogP contribution is -2.41. The number of benzene rings is 2. The molecule has 1 aliphatic rings. The Hall–Kier alpha value is -3.98. The number of hydrogen-bond donors (Lipinski definition) is 1. The zero-order chi connectivity index (χ0) is 25.9. The highest BCUT2D eigenvalue weighted by atomic mass is 16.6. The number of para-hydroxylation sites is 1. The number of methoxy groups -OCH3 is 1. The van der Waals surface area contributed by atoms with Gasteiger partial charge in [-0.25, -0.2) is 9.48 Å². The van der Waals surface area contributed by atoms with Gasteiger partial charge in [-0.05, 0) is 60.4 Å². The Labute approximate surface area is 214 Å². The van der Waals surface area contributed by atoms with Crippen LogP contribution >= 0.6 is 0 Å². The summed E-state index contributed by atoms with van der Waals surface area (Å²) in [5.41, 5.74) is 4.21. The van der Waals surface area contributed by atoms with Crippen molar-refractivity contribution in [2.45, 2.75) is 44.9 Å². The Bertz CT molecular complexity index is 1500.